The summed E-state index contributed by atoms with van der Waals surface area (Å²) in [6.07, 6.45) is 0. The number of benzene rings is 8. The molecule has 230 valence electrons. The van der Waals surface area contributed by atoms with Gasteiger partial charge in [-0.2, -0.15) is 0 Å². The first kappa shape index (κ1) is 28.6. The second kappa shape index (κ2) is 12.2. The minimum Gasteiger partial charge on any atom is -0.310 e. The highest BCUT2D eigenvalue weighted by atomic mass is 15.2. The molecule has 0 aliphatic rings. The first-order valence-corrected chi connectivity index (χ1v) is 16.5. The van der Waals surface area contributed by atoms with Crippen molar-refractivity contribution in [1.29, 1.82) is 0 Å². The molecule has 4 nitrogen and oxygen atoms in total. The third-order valence-corrected chi connectivity index (χ3v) is 9.09. The van der Waals surface area contributed by atoms with E-state index in [1.54, 1.807) is 0 Å². The molecule has 0 bridgehead atoms. The monoisotopic (exact) mass is 626 g/mol. The van der Waals surface area contributed by atoms with Crippen molar-refractivity contribution in [2.45, 2.75) is 0 Å². The normalized spacial score (nSPS) is 11.3. The Morgan fingerprint density at radius 3 is 1.65 bits per heavy atom. The van der Waals surface area contributed by atoms with Crippen molar-refractivity contribution >= 4 is 49.4 Å². The van der Waals surface area contributed by atoms with E-state index in [0.717, 1.165) is 44.5 Å². The van der Waals surface area contributed by atoms with Gasteiger partial charge in [0.2, 0.25) is 0 Å². The summed E-state index contributed by atoms with van der Waals surface area (Å²) in [6, 6.07) is 63.3. The predicted molar refractivity (Wildman–Crippen MR) is 203 cm³/mol. The maximum absolute atomic E-state index is 5.27. The third-order valence-electron chi connectivity index (χ3n) is 9.09. The van der Waals surface area contributed by atoms with Crippen LogP contribution in [0.4, 0.5) is 17.1 Å². The summed E-state index contributed by atoms with van der Waals surface area (Å²) < 4.78 is 0. The summed E-state index contributed by atoms with van der Waals surface area (Å²) in [6.45, 7) is 0. The lowest BCUT2D eigenvalue weighted by atomic mass is 9.98. The molecular weight excluding hydrogens is 597 g/mol. The van der Waals surface area contributed by atoms with Crippen LogP contribution in [0.15, 0.2) is 182 Å². The average Bonchev–Trinajstić information content (AvgIpc) is 3.18. The number of hydrogen-bond acceptors (Lipinski definition) is 4. The van der Waals surface area contributed by atoms with E-state index < -0.39 is 0 Å². The molecule has 0 N–H and O–H groups in total. The smallest absolute Gasteiger partial charge is 0.166 e. The van der Waals surface area contributed by atoms with Gasteiger partial charge in [-0.1, -0.05) is 140 Å². The van der Waals surface area contributed by atoms with Crippen LogP contribution in [-0.2, 0) is 0 Å². The van der Waals surface area contributed by atoms with Crippen LogP contribution in [0.5, 0.6) is 0 Å². The van der Waals surface area contributed by atoms with Gasteiger partial charge in [-0.25, -0.2) is 15.0 Å². The van der Waals surface area contributed by atoms with Crippen molar-refractivity contribution in [3.63, 3.8) is 0 Å². The van der Waals surface area contributed by atoms with Gasteiger partial charge in [0.25, 0.3) is 0 Å². The zero-order valence-corrected chi connectivity index (χ0v) is 26.6. The lowest BCUT2D eigenvalue weighted by Gasteiger charge is -2.27. The first-order chi connectivity index (χ1) is 24.3. The van der Waals surface area contributed by atoms with Crippen LogP contribution in [0.2, 0.25) is 0 Å². The van der Waals surface area contributed by atoms with Crippen molar-refractivity contribution in [2.24, 2.45) is 0 Å². The first-order valence-electron chi connectivity index (χ1n) is 16.5. The Labute approximate surface area is 284 Å². The van der Waals surface area contributed by atoms with E-state index in [0.29, 0.717) is 17.5 Å². The molecule has 0 radical (unpaired) electrons. The molecule has 0 aliphatic heterocycles. The van der Waals surface area contributed by atoms with E-state index in [-0.39, 0.29) is 0 Å². The SMILES string of the molecule is c1ccc(N(c2ccccc2)c2ccccc2-c2nc(-c3ccc4ccccc4c3)nc(-c3cccc4c3ccc3ccccc34)n2)cc1. The summed E-state index contributed by atoms with van der Waals surface area (Å²) in [7, 11) is 0. The van der Waals surface area contributed by atoms with Gasteiger partial charge >= 0.3 is 0 Å². The molecule has 49 heavy (non-hydrogen) atoms. The molecule has 8 aromatic carbocycles. The Bertz CT molecular complexity index is 2580. The molecule has 0 amide bonds. The summed E-state index contributed by atoms with van der Waals surface area (Å²) in [4.78, 5) is 17.9. The predicted octanol–water partition coefficient (Wildman–Crippen LogP) is 11.8. The highest BCUT2D eigenvalue weighted by Gasteiger charge is 2.21. The molecule has 9 rings (SSSR count). The number of nitrogens with zero attached hydrogens (tertiary/aromatic N) is 4. The lowest BCUT2D eigenvalue weighted by molar-refractivity contribution is 1.07. The van der Waals surface area contributed by atoms with Crippen LogP contribution in [0, 0.1) is 0 Å². The van der Waals surface area contributed by atoms with Crippen LogP contribution in [0.1, 0.15) is 0 Å². The second-order valence-corrected chi connectivity index (χ2v) is 12.1. The van der Waals surface area contributed by atoms with Crippen molar-refractivity contribution < 1.29 is 0 Å². The standard InChI is InChI=1S/C45H30N4/c1-3-17-35(18-4-1)49(36-19-5-2-6-20-36)42-25-12-11-22-41(42)45-47-43(34-27-26-31-14-7-8-16-33(31)30-34)46-44(48-45)40-24-13-23-38-37-21-10-9-15-32(37)28-29-39(38)40/h1-30H. The van der Waals surface area contributed by atoms with Gasteiger partial charge in [0, 0.05) is 28.1 Å². The largest absolute Gasteiger partial charge is 0.310 e. The molecule has 0 fully saturated rings. The summed E-state index contributed by atoms with van der Waals surface area (Å²) in [5.74, 6) is 1.87. The van der Waals surface area contributed by atoms with Gasteiger partial charge in [0.1, 0.15) is 0 Å². The van der Waals surface area contributed by atoms with Crippen LogP contribution >= 0.6 is 0 Å². The maximum Gasteiger partial charge on any atom is 0.166 e. The molecule has 0 spiro atoms. The molecule has 0 saturated heterocycles. The van der Waals surface area contributed by atoms with Gasteiger partial charge in [0.05, 0.1) is 5.69 Å². The number of hydrogen-bond donors (Lipinski definition) is 0. The molecular formula is C45H30N4. The maximum atomic E-state index is 5.27. The number of aromatic nitrogens is 3. The van der Waals surface area contributed by atoms with E-state index in [9.17, 15) is 0 Å². The minimum absolute atomic E-state index is 0.610. The Morgan fingerprint density at radius 1 is 0.327 bits per heavy atom. The number of anilines is 3. The molecule has 0 unspecified atom stereocenters. The fraction of sp³-hybridized carbons (Fsp3) is 0. The highest BCUT2D eigenvalue weighted by Crippen LogP contribution is 2.41. The van der Waals surface area contributed by atoms with Crippen molar-refractivity contribution in [1.82, 2.24) is 15.0 Å². The zero-order valence-electron chi connectivity index (χ0n) is 26.6. The Hall–Kier alpha value is -6.65. The van der Waals surface area contributed by atoms with Crippen molar-refractivity contribution in [3.8, 4) is 34.2 Å². The Kier molecular flexibility index (Phi) is 7.10. The topological polar surface area (TPSA) is 41.9 Å². The Morgan fingerprint density at radius 2 is 0.878 bits per heavy atom. The zero-order chi connectivity index (χ0) is 32.6. The van der Waals surface area contributed by atoms with E-state index in [2.05, 4.69) is 175 Å². The van der Waals surface area contributed by atoms with E-state index in [1.165, 1.54) is 21.5 Å². The van der Waals surface area contributed by atoms with Gasteiger partial charge in [-0.05, 0) is 74.8 Å². The molecule has 0 aliphatic carbocycles. The lowest BCUT2D eigenvalue weighted by Crippen LogP contribution is -2.12. The number of fused-ring (bicyclic) bond motifs is 4. The molecule has 0 saturated carbocycles. The third kappa shape index (κ3) is 5.26. The summed E-state index contributed by atoms with van der Waals surface area (Å²) >= 11 is 0. The quantitative estimate of drug-likeness (QED) is 0.172. The minimum atomic E-state index is 0.610. The number of para-hydroxylation sites is 3. The second-order valence-electron chi connectivity index (χ2n) is 12.1. The van der Waals surface area contributed by atoms with Crippen LogP contribution in [0.3, 0.4) is 0 Å². The Balaban J connectivity index is 1.30. The number of rotatable bonds is 6. The van der Waals surface area contributed by atoms with Gasteiger partial charge < -0.3 is 4.90 Å². The van der Waals surface area contributed by atoms with Crippen LogP contribution in [-0.4, -0.2) is 15.0 Å². The van der Waals surface area contributed by atoms with Gasteiger partial charge in [-0.15, -0.1) is 0 Å². The van der Waals surface area contributed by atoms with Crippen molar-refractivity contribution in [3.05, 3.63) is 182 Å². The summed E-state index contributed by atoms with van der Waals surface area (Å²) in [5, 5.41) is 7.00. The van der Waals surface area contributed by atoms with Crippen LogP contribution < -0.4 is 4.90 Å². The molecule has 1 heterocycles. The fourth-order valence-electron chi connectivity index (χ4n) is 6.75. The van der Waals surface area contributed by atoms with Crippen LogP contribution in [0.25, 0.3) is 66.5 Å². The van der Waals surface area contributed by atoms with E-state index in [4.69, 9.17) is 15.0 Å². The average molecular weight is 627 g/mol. The van der Waals surface area contributed by atoms with Gasteiger partial charge in [0.15, 0.2) is 17.5 Å². The van der Waals surface area contributed by atoms with Gasteiger partial charge in [-0.3, -0.25) is 0 Å². The van der Waals surface area contributed by atoms with E-state index in [1.807, 2.05) is 12.1 Å². The molecule has 0 atom stereocenters. The van der Waals surface area contributed by atoms with Crippen molar-refractivity contribution in [2.75, 3.05) is 4.90 Å². The van der Waals surface area contributed by atoms with E-state index >= 15 is 0 Å². The molecule has 9 aromatic rings. The summed E-state index contributed by atoms with van der Waals surface area (Å²) in [5.41, 5.74) is 5.89. The fourth-order valence-corrected chi connectivity index (χ4v) is 6.75. The highest BCUT2D eigenvalue weighted by molar-refractivity contribution is 6.11. The molecule has 1 aromatic heterocycles. The molecule has 4 heteroatoms.